The molecule has 2 nitrogen and oxygen atoms in total. The van der Waals surface area contributed by atoms with Crippen LogP contribution in [0.5, 0.6) is 0 Å². The Morgan fingerprint density at radius 3 is 2.00 bits per heavy atom. The summed E-state index contributed by atoms with van der Waals surface area (Å²) in [6.07, 6.45) is 0. The third-order valence-electron chi connectivity index (χ3n) is 2.89. The van der Waals surface area contributed by atoms with Gasteiger partial charge in [-0.15, -0.1) is 0 Å². The summed E-state index contributed by atoms with van der Waals surface area (Å²) in [6, 6.07) is 19.8. The number of benzene rings is 2. The average molecular weight is 225 g/mol. The summed E-state index contributed by atoms with van der Waals surface area (Å²) >= 11 is 0. The van der Waals surface area contributed by atoms with Crippen molar-refractivity contribution in [3.8, 4) is 0 Å². The molecule has 17 heavy (non-hydrogen) atoms. The second kappa shape index (κ2) is 5.30. The molecule has 0 aliphatic carbocycles. The quantitative estimate of drug-likeness (QED) is 0.482. The maximum Gasteiger partial charge on any atom is 0.0939 e. The normalized spacial score (nSPS) is 13.4. The van der Waals surface area contributed by atoms with Gasteiger partial charge in [-0.1, -0.05) is 72.7 Å². The number of oxime groups is 1. The molecule has 0 bridgehead atoms. The van der Waals surface area contributed by atoms with Crippen LogP contribution in [0.25, 0.3) is 0 Å². The van der Waals surface area contributed by atoms with E-state index in [9.17, 15) is 5.21 Å². The van der Waals surface area contributed by atoms with Crippen LogP contribution >= 0.6 is 0 Å². The average Bonchev–Trinajstić information content (AvgIpc) is 2.42. The van der Waals surface area contributed by atoms with Crippen molar-refractivity contribution in [1.29, 1.82) is 0 Å². The molecule has 2 aromatic carbocycles. The predicted octanol–water partition coefficient (Wildman–Crippen LogP) is 3.67. The van der Waals surface area contributed by atoms with Gasteiger partial charge >= 0.3 is 0 Å². The Labute approximate surface area is 101 Å². The van der Waals surface area contributed by atoms with Crippen molar-refractivity contribution in [2.24, 2.45) is 5.16 Å². The van der Waals surface area contributed by atoms with E-state index in [2.05, 4.69) is 5.16 Å². The van der Waals surface area contributed by atoms with Gasteiger partial charge < -0.3 is 5.21 Å². The molecule has 0 amide bonds. The molecule has 0 unspecified atom stereocenters. The molecule has 0 aromatic heterocycles. The van der Waals surface area contributed by atoms with Crippen molar-refractivity contribution >= 4 is 5.71 Å². The fourth-order valence-corrected chi connectivity index (χ4v) is 1.90. The molecule has 2 heteroatoms. The molecular formula is C15H15NO. The SMILES string of the molecule is C[C@H](/C(=N/O)c1ccccc1)c1ccccc1. The molecule has 0 aliphatic rings. The van der Waals surface area contributed by atoms with Gasteiger partial charge in [0.2, 0.25) is 0 Å². The maximum absolute atomic E-state index is 9.20. The molecule has 1 atom stereocenters. The van der Waals surface area contributed by atoms with E-state index in [1.807, 2.05) is 67.6 Å². The first kappa shape index (κ1) is 11.4. The van der Waals surface area contributed by atoms with Gasteiger partial charge in [0.1, 0.15) is 0 Å². The lowest BCUT2D eigenvalue weighted by molar-refractivity contribution is 0.317. The molecule has 86 valence electrons. The monoisotopic (exact) mass is 225 g/mol. The zero-order chi connectivity index (χ0) is 12.1. The molecule has 0 aliphatic heterocycles. The Kier molecular flexibility index (Phi) is 3.55. The number of nitrogens with zero attached hydrogens (tertiary/aromatic N) is 1. The van der Waals surface area contributed by atoms with E-state index in [4.69, 9.17) is 0 Å². The van der Waals surface area contributed by atoms with Crippen molar-refractivity contribution in [2.75, 3.05) is 0 Å². The summed E-state index contributed by atoms with van der Waals surface area (Å²) in [5, 5.41) is 12.7. The van der Waals surface area contributed by atoms with Crippen LogP contribution in [0.1, 0.15) is 24.0 Å². The van der Waals surface area contributed by atoms with Gasteiger partial charge in [0.15, 0.2) is 0 Å². The minimum Gasteiger partial charge on any atom is -0.411 e. The fourth-order valence-electron chi connectivity index (χ4n) is 1.90. The Morgan fingerprint density at radius 2 is 1.47 bits per heavy atom. The zero-order valence-corrected chi connectivity index (χ0v) is 9.75. The number of hydrogen-bond acceptors (Lipinski definition) is 2. The van der Waals surface area contributed by atoms with Crippen molar-refractivity contribution in [1.82, 2.24) is 0 Å². The number of hydrogen-bond donors (Lipinski definition) is 1. The summed E-state index contributed by atoms with van der Waals surface area (Å²) in [7, 11) is 0. The van der Waals surface area contributed by atoms with Crippen LogP contribution < -0.4 is 0 Å². The standard InChI is InChI=1S/C15H15NO/c1-12(13-8-4-2-5-9-13)15(16-17)14-10-6-3-7-11-14/h2-12,17H,1H3/b16-15-/t12-/m0/s1. The highest BCUT2D eigenvalue weighted by atomic mass is 16.4. The largest absolute Gasteiger partial charge is 0.411 e. The van der Waals surface area contributed by atoms with Crippen molar-refractivity contribution in [2.45, 2.75) is 12.8 Å². The third-order valence-corrected chi connectivity index (χ3v) is 2.89. The molecule has 2 rings (SSSR count). The Morgan fingerprint density at radius 1 is 0.941 bits per heavy atom. The third kappa shape index (κ3) is 2.53. The maximum atomic E-state index is 9.20. The summed E-state index contributed by atoms with van der Waals surface area (Å²) in [6.45, 7) is 2.04. The summed E-state index contributed by atoms with van der Waals surface area (Å²) < 4.78 is 0. The van der Waals surface area contributed by atoms with E-state index in [0.29, 0.717) is 5.71 Å². The molecule has 0 spiro atoms. The minimum atomic E-state index is 0.0728. The van der Waals surface area contributed by atoms with Crippen LogP contribution in [0.3, 0.4) is 0 Å². The lowest BCUT2D eigenvalue weighted by Crippen LogP contribution is -2.11. The van der Waals surface area contributed by atoms with Crippen molar-refractivity contribution < 1.29 is 5.21 Å². The molecule has 0 saturated heterocycles. The summed E-state index contributed by atoms with van der Waals surface area (Å²) in [4.78, 5) is 0. The van der Waals surface area contributed by atoms with E-state index in [0.717, 1.165) is 11.1 Å². The van der Waals surface area contributed by atoms with E-state index in [-0.39, 0.29) is 5.92 Å². The van der Waals surface area contributed by atoms with Crippen LogP contribution in [0, 0.1) is 0 Å². The first-order chi connectivity index (χ1) is 8.33. The lowest BCUT2D eigenvalue weighted by Gasteiger charge is -2.13. The second-order valence-electron chi connectivity index (χ2n) is 3.98. The molecule has 1 N–H and O–H groups in total. The van der Waals surface area contributed by atoms with Gasteiger partial charge in [-0.25, -0.2) is 0 Å². The summed E-state index contributed by atoms with van der Waals surface area (Å²) in [5.41, 5.74) is 2.78. The van der Waals surface area contributed by atoms with Crippen LogP contribution in [0.4, 0.5) is 0 Å². The zero-order valence-electron chi connectivity index (χ0n) is 9.75. The van der Waals surface area contributed by atoms with Gasteiger partial charge in [-0.2, -0.15) is 0 Å². The molecular weight excluding hydrogens is 210 g/mol. The van der Waals surface area contributed by atoms with Crippen LogP contribution in [-0.2, 0) is 0 Å². The van der Waals surface area contributed by atoms with E-state index >= 15 is 0 Å². The van der Waals surface area contributed by atoms with Crippen LogP contribution in [0.2, 0.25) is 0 Å². The Balaban J connectivity index is 2.33. The van der Waals surface area contributed by atoms with E-state index in [1.165, 1.54) is 0 Å². The molecule has 0 saturated carbocycles. The minimum absolute atomic E-state index is 0.0728. The topological polar surface area (TPSA) is 32.6 Å². The fraction of sp³-hybridized carbons (Fsp3) is 0.133. The first-order valence-corrected chi connectivity index (χ1v) is 5.65. The summed E-state index contributed by atoms with van der Waals surface area (Å²) in [5.74, 6) is 0.0728. The van der Waals surface area contributed by atoms with Crippen molar-refractivity contribution in [3.05, 3.63) is 71.8 Å². The predicted molar refractivity (Wildman–Crippen MR) is 69.6 cm³/mol. The van der Waals surface area contributed by atoms with E-state index < -0.39 is 0 Å². The highest BCUT2D eigenvalue weighted by Gasteiger charge is 2.15. The van der Waals surface area contributed by atoms with Gasteiger partial charge in [0.05, 0.1) is 5.71 Å². The molecule has 2 aromatic rings. The Bertz CT molecular complexity index is 491. The second-order valence-corrected chi connectivity index (χ2v) is 3.98. The van der Waals surface area contributed by atoms with Gasteiger partial charge in [-0.3, -0.25) is 0 Å². The smallest absolute Gasteiger partial charge is 0.0939 e. The molecule has 0 radical (unpaired) electrons. The highest BCUT2D eigenvalue weighted by Crippen LogP contribution is 2.20. The lowest BCUT2D eigenvalue weighted by atomic mass is 9.92. The van der Waals surface area contributed by atoms with Crippen LogP contribution in [0.15, 0.2) is 65.8 Å². The highest BCUT2D eigenvalue weighted by molar-refractivity contribution is 6.04. The van der Waals surface area contributed by atoms with E-state index in [1.54, 1.807) is 0 Å². The van der Waals surface area contributed by atoms with Gasteiger partial charge in [0.25, 0.3) is 0 Å². The van der Waals surface area contributed by atoms with Gasteiger partial charge in [0, 0.05) is 5.92 Å². The first-order valence-electron chi connectivity index (χ1n) is 5.65. The molecule has 0 heterocycles. The van der Waals surface area contributed by atoms with Crippen molar-refractivity contribution in [3.63, 3.8) is 0 Å². The molecule has 0 fully saturated rings. The van der Waals surface area contributed by atoms with Crippen LogP contribution in [-0.4, -0.2) is 10.9 Å². The van der Waals surface area contributed by atoms with Gasteiger partial charge in [-0.05, 0) is 11.1 Å². The Hall–Kier alpha value is -2.09. The number of rotatable bonds is 3.